The van der Waals surface area contributed by atoms with Gasteiger partial charge in [0.2, 0.25) is 0 Å². The van der Waals surface area contributed by atoms with Crippen LogP contribution in [0.25, 0.3) is 0 Å². The Morgan fingerprint density at radius 2 is 2.31 bits per heavy atom. The van der Waals surface area contributed by atoms with Crippen LogP contribution in [-0.2, 0) is 11.3 Å². The molecule has 0 bridgehead atoms. The van der Waals surface area contributed by atoms with E-state index in [0.29, 0.717) is 30.5 Å². The fourth-order valence-electron chi connectivity index (χ4n) is 2.00. The van der Waals surface area contributed by atoms with E-state index in [-0.39, 0.29) is 11.7 Å². The summed E-state index contributed by atoms with van der Waals surface area (Å²) < 4.78 is 6.91. The van der Waals surface area contributed by atoms with Crippen LogP contribution in [0.2, 0.25) is 5.02 Å². The first kappa shape index (κ1) is 11.6. The Hall–Kier alpha value is -0.870. The third kappa shape index (κ3) is 2.13. The normalized spacial score (nSPS) is 17.6. The van der Waals surface area contributed by atoms with Gasteiger partial charge in [-0.1, -0.05) is 11.6 Å². The van der Waals surface area contributed by atoms with Gasteiger partial charge in [-0.15, -0.1) is 0 Å². The highest BCUT2D eigenvalue weighted by atomic mass is 35.5. The number of halogens is 1. The van der Waals surface area contributed by atoms with Crippen molar-refractivity contribution in [1.82, 2.24) is 9.78 Å². The highest BCUT2D eigenvalue weighted by Gasteiger charge is 2.27. The minimum absolute atomic E-state index is 0.0354. The van der Waals surface area contributed by atoms with Crippen molar-refractivity contribution in [2.24, 2.45) is 5.92 Å². The molecule has 2 rings (SSSR count). The van der Waals surface area contributed by atoms with E-state index in [1.165, 1.54) is 6.20 Å². The minimum Gasteiger partial charge on any atom is -0.381 e. The molecule has 0 spiro atoms. The highest BCUT2D eigenvalue weighted by Crippen LogP contribution is 2.24. The summed E-state index contributed by atoms with van der Waals surface area (Å²) in [5.41, 5.74) is 0.552. The van der Waals surface area contributed by atoms with Gasteiger partial charge in [0.25, 0.3) is 0 Å². The molecule has 1 fully saturated rings. The van der Waals surface area contributed by atoms with Crippen molar-refractivity contribution in [2.75, 3.05) is 13.2 Å². The molecule has 0 N–H and O–H groups in total. The molecule has 0 radical (unpaired) electrons. The van der Waals surface area contributed by atoms with Gasteiger partial charge < -0.3 is 4.74 Å². The summed E-state index contributed by atoms with van der Waals surface area (Å²) in [6.45, 7) is 3.93. The van der Waals surface area contributed by atoms with Gasteiger partial charge in [-0.3, -0.25) is 9.48 Å². The Balaban J connectivity index is 2.21. The topological polar surface area (TPSA) is 44.1 Å². The van der Waals surface area contributed by atoms with E-state index in [1.807, 2.05) is 6.92 Å². The van der Waals surface area contributed by atoms with Crippen LogP contribution in [0.5, 0.6) is 0 Å². The van der Waals surface area contributed by atoms with Crippen molar-refractivity contribution in [2.45, 2.75) is 26.3 Å². The summed E-state index contributed by atoms with van der Waals surface area (Å²) >= 11 is 6.00. The number of Topliss-reactive ketones (excluding diaryl/α,β-unsaturated/α-hetero) is 1. The maximum atomic E-state index is 12.3. The quantitative estimate of drug-likeness (QED) is 0.763. The standard InChI is InChI=1S/C11H15ClN2O2/c1-2-14-10(9(12)7-13-14)11(15)8-3-5-16-6-4-8/h7-8H,2-6H2,1H3. The maximum Gasteiger partial charge on any atom is 0.185 e. The molecule has 1 saturated heterocycles. The third-order valence-electron chi connectivity index (χ3n) is 2.92. The second kappa shape index (κ2) is 4.97. The fraction of sp³-hybridized carbons (Fsp3) is 0.636. The van der Waals surface area contributed by atoms with E-state index < -0.39 is 0 Å². The van der Waals surface area contributed by atoms with E-state index in [1.54, 1.807) is 4.68 Å². The van der Waals surface area contributed by atoms with Gasteiger partial charge in [0, 0.05) is 25.7 Å². The van der Waals surface area contributed by atoms with Gasteiger partial charge in [-0.2, -0.15) is 5.10 Å². The predicted octanol–water partition coefficient (Wildman–Crippen LogP) is 2.17. The van der Waals surface area contributed by atoms with Crippen LogP contribution >= 0.6 is 11.6 Å². The molecular formula is C11H15ClN2O2. The van der Waals surface area contributed by atoms with E-state index >= 15 is 0 Å². The zero-order chi connectivity index (χ0) is 11.5. The molecule has 4 nitrogen and oxygen atoms in total. The van der Waals surface area contributed by atoms with E-state index in [2.05, 4.69) is 5.10 Å². The number of aryl methyl sites for hydroxylation is 1. The van der Waals surface area contributed by atoms with Gasteiger partial charge in [-0.25, -0.2) is 0 Å². The number of ketones is 1. The Morgan fingerprint density at radius 3 is 2.94 bits per heavy atom. The Morgan fingerprint density at radius 1 is 1.62 bits per heavy atom. The van der Waals surface area contributed by atoms with Crippen molar-refractivity contribution in [1.29, 1.82) is 0 Å². The molecule has 1 aliphatic rings. The lowest BCUT2D eigenvalue weighted by molar-refractivity contribution is 0.0538. The molecule has 1 aromatic heterocycles. The van der Waals surface area contributed by atoms with Crippen LogP contribution in [0.4, 0.5) is 0 Å². The lowest BCUT2D eigenvalue weighted by Gasteiger charge is -2.21. The summed E-state index contributed by atoms with van der Waals surface area (Å²) in [6, 6.07) is 0. The maximum absolute atomic E-state index is 12.3. The molecule has 16 heavy (non-hydrogen) atoms. The van der Waals surface area contributed by atoms with E-state index in [9.17, 15) is 4.79 Å². The van der Waals surface area contributed by atoms with Gasteiger partial charge in [0.1, 0.15) is 5.69 Å². The number of rotatable bonds is 3. The molecule has 0 aromatic carbocycles. The van der Waals surface area contributed by atoms with Crippen molar-refractivity contribution < 1.29 is 9.53 Å². The van der Waals surface area contributed by atoms with Gasteiger partial charge >= 0.3 is 0 Å². The summed E-state index contributed by atoms with van der Waals surface area (Å²) in [6.07, 6.45) is 3.10. The monoisotopic (exact) mass is 242 g/mol. The van der Waals surface area contributed by atoms with Crippen LogP contribution in [0, 0.1) is 5.92 Å². The summed E-state index contributed by atoms with van der Waals surface area (Å²) in [5.74, 6) is 0.140. The highest BCUT2D eigenvalue weighted by molar-refractivity contribution is 6.33. The molecule has 88 valence electrons. The molecule has 2 heterocycles. The van der Waals surface area contributed by atoms with Crippen molar-refractivity contribution in [3.05, 3.63) is 16.9 Å². The molecule has 1 aromatic rings. The summed E-state index contributed by atoms with van der Waals surface area (Å²) in [4.78, 5) is 12.3. The van der Waals surface area contributed by atoms with Gasteiger partial charge in [-0.05, 0) is 19.8 Å². The molecule has 1 aliphatic heterocycles. The number of hydrogen-bond acceptors (Lipinski definition) is 3. The number of aromatic nitrogens is 2. The first-order chi connectivity index (χ1) is 7.74. The average molecular weight is 243 g/mol. The summed E-state index contributed by atoms with van der Waals surface area (Å²) in [7, 11) is 0. The molecule has 0 saturated carbocycles. The number of nitrogens with zero attached hydrogens (tertiary/aromatic N) is 2. The second-order valence-corrected chi connectivity index (χ2v) is 4.31. The lowest BCUT2D eigenvalue weighted by Crippen LogP contribution is -2.25. The largest absolute Gasteiger partial charge is 0.381 e. The lowest BCUT2D eigenvalue weighted by atomic mass is 9.93. The molecule has 0 unspecified atom stereocenters. The zero-order valence-corrected chi connectivity index (χ0v) is 10.0. The SMILES string of the molecule is CCn1ncc(Cl)c1C(=O)C1CCOCC1. The van der Waals surface area contributed by atoms with Gasteiger partial charge in [0.15, 0.2) is 5.78 Å². The number of ether oxygens (including phenoxy) is 1. The Bertz CT molecular complexity index is 383. The number of carbonyl (C=O) groups is 1. The predicted molar refractivity (Wildman–Crippen MR) is 60.8 cm³/mol. The van der Waals surface area contributed by atoms with Crippen molar-refractivity contribution in [3.8, 4) is 0 Å². The van der Waals surface area contributed by atoms with Crippen LogP contribution in [0.15, 0.2) is 6.20 Å². The molecule has 0 aliphatic carbocycles. The summed E-state index contributed by atoms with van der Waals surface area (Å²) in [5, 5.41) is 4.54. The molecule has 0 atom stereocenters. The fourth-order valence-corrected chi connectivity index (χ4v) is 2.23. The minimum atomic E-state index is 0.0354. The zero-order valence-electron chi connectivity index (χ0n) is 9.28. The van der Waals surface area contributed by atoms with Crippen LogP contribution in [-0.4, -0.2) is 28.8 Å². The number of hydrogen-bond donors (Lipinski definition) is 0. The third-order valence-corrected chi connectivity index (χ3v) is 3.20. The smallest absolute Gasteiger partial charge is 0.185 e. The molecule has 5 heteroatoms. The second-order valence-electron chi connectivity index (χ2n) is 3.91. The van der Waals surface area contributed by atoms with Crippen LogP contribution in [0.1, 0.15) is 30.3 Å². The van der Waals surface area contributed by atoms with Crippen LogP contribution < -0.4 is 0 Å². The van der Waals surface area contributed by atoms with E-state index in [0.717, 1.165) is 12.8 Å². The first-order valence-corrected chi connectivity index (χ1v) is 5.95. The number of carbonyl (C=O) groups excluding carboxylic acids is 1. The molecular weight excluding hydrogens is 228 g/mol. The average Bonchev–Trinajstić information content (AvgIpc) is 2.70. The van der Waals surface area contributed by atoms with Gasteiger partial charge in [0.05, 0.1) is 11.2 Å². The Kier molecular flexibility index (Phi) is 3.61. The van der Waals surface area contributed by atoms with Crippen LogP contribution in [0.3, 0.4) is 0 Å². The van der Waals surface area contributed by atoms with Crippen molar-refractivity contribution >= 4 is 17.4 Å². The first-order valence-electron chi connectivity index (χ1n) is 5.57. The van der Waals surface area contributed by atoms with E-state index in [4.69, 9.17) is 16.3 Å². The molecule has 0 amide bonds. The van der Waals surface area contributed by atoms with Crippen molar-refractivity contribution in [3.63, 3.8) is 0 Å². The Labute approximate surface area is 99.5 Å².